The van der Waals surface area contributed by atoms with Crippen LogP contribution in [0, 0.1) is 0 Å². The Morgan fingerprint density at radius 1 is 1.42 bits per heavy atom. The summed E-state index contributed by atoms with van der Waals surface area (Å²) in [5.41, 5.74) is 0.971. The van der Waals surface area contributed by atoms with Crippen LogP contribution in [0.15, 0.2) is 29.6 Å². The Balaban J connectivity index is 2.59. The van der Waals surface area contributed by atoms with Crippen molar-refractivity contribution in [2.24, 2.45) is 0 Å². The second-order valence-corrected chi connectivity index (χ2v) is 2.25. The first kappa shape index (κ1) is 6.78. The van der Waals surface area contributed by atoms with Gasteiger partial charge in [0.25, 0.3) is 5.56 Å². The second-order valence-electron chi connectivity index (χ2n) is 2.25. The van der Waals surface area contributed by atoms with Crippen LogP contribution in [0.4, 0.5) is 0 Å². The van der Waals surface area contributed by atoms with E-state index in [-0.39, 0.29) is 5.56 Å². The zero-order valence-electron chi connectivity index (χ0n) is 6.11. The molecule has 12 heavy (non-hydrogen) atoms. The Morgan fingerprint density at radius 2 is 2.33 bits per heavy atom. The number of H-pyrrole nitrogens is 2. The minimum absolute atomic E-state index is 0.172. The van der Waals surface area contributed by atoms with E-state index in [2.05, 4.69) is 20.2 Å². The molecule has 5 nitrogen and oxygen atoms in total. The first-order chi connectivity index (χ1) is 5.88. The molecular formula is C7H6N4O. The van der Waals surface area contributed by atoms with Gasteiger partial charge >= 0.3 is 0 Å². The predicted octanol–water partition coefficient (Wildman–Crippen LogP) is 0.160. The van der Waals surface area contributed by atoms with E-state index >= 15 is 0 Å². The van der Waals surface area contributed by atoms with E-state index in [1.165, 1.54) is 6.33 Å². The Labute approximate surface area is 67.5 Å². The molecule has 0 aliphatic rings. The molecule has 0 saturated heterocycles. The Morgan fingerprint density at radius 3 is 2.92 bits per heavy atom. The van der Waals surface area contributed by atoms with Crippen molar-refractivity contribution in [2.45, 2.75) is 0 Å². The molecular weight excluding hydrogens is 156 g/mol. The van der Waals surface area contributed by atoms with E-state index in [1.807, 2.05) is 0 Å². The summed E-state index contributed by atoms with van der Waals surface area (Å²) in [7, 11) is 0. The molecule has 0 spiro atoms. The maximum atomic E-state index is 11.1. The lowest BCUT2D eigenvalue weighted by atomic mass is 10.2. The lowest BCUT2D eigenvalue weighted by Gasteiger charge is -1.90. The number of aromatic amines is 2. The minimum Gasteiger partial charge on any atom is -0.305 e. The number of aromatic nitrogens is 4. The molecule has 0 atom stereocenters. The predicted molar refractivity (Wildman–Crippen MR) is 42.4 cm³/mol. The third-order valence-electron chi connectivity index (χ3n) is 1.50. The van der Waals surface area contributed by atoms with Gasteiger partial charge in [0, 0.05) is 12.4 Å². The highest BCUT2D eigenvalue weighted by Crippen LogP contribution is 2.07. The van der Waals surface area contributed by atoms with Gasteiger partial charge in [-0.15, -0.1) is 0 Å². The van der Waals surface area contributed by atoms with Crippen molar-refractivity contribution in [3.63, 3.8) is 0 Å². The van der Waals surface area contributed by atoms with Crippen LogP contribution < -0.4 is 5.56 Å². The summed E-state index contributed by atoms with van der Waals surface area (Å²) < 4.78 is 0. The Hall–Kier alpha value is -1.91. The van der Waals surface area contributed by atoms with Crippen molar-refractivity contribution < 1.29 is 0 Å². The topological polar surface area (TPSA) is 74.4 Å². The van der Waals surface area contributed by atoms with E-state index in [9.17, 15) is 4.79 Å². The summed E-state index contributed by atoms with van der Waals surface area (Å²) in [5.74, 6) is 0. The summed E-state index contributed by atoms with van der Waals surface area (Å²) in [6.45, 7) is 0. The van der Waals surface area contributed by atoms with Gasteiger partial charge in [-0.3, -0.25) is 9.89 Å². The third-order valence-corrected chi connectivity index (χ3v) is 1.50. The Kier molecular flexibility index (Phi) is 1.48. The molecule has 0 radical (unpaired) electrons. The first-order valence-electron chi connectivity index (χ1n) is 3.40. The molecule has 0 saturated carbocycles. The van der Waals surface area contributed by atoms with Gasteiger partial charge in [0.2, 0.25) is 0 Å². The standard InChI is InChI=1S/C7H6N4O/c12-7-5(3-10-11-7)6-1-2-8-4-9-6/h1-4H,(H2,10,11,12). The van der Waals surface area contributed by atoms with Crippen LogP contribution in [0.3, 0.4) is 0 Å². The van der Waals surface area contributed by atoms with Gasteiger partial charge in [-0.2, -0.15) is 0 Å². The normalized spacial score (nSPS) is 10.0. The van der Waals surface area contributed by atoms with E-state index in [1.54, 1.807) is 18.5 Å². The van der Waals surface area contributed by atoms with Crippen LogP contribution in [0.1, 0.15) is 0 Å². The number of hydrogen-bond acceptors (Lipinski definition) is 3. The molecule has 0 bridgehead atoms. The van der Waals surface area contributed by atoms with Crippen LogP contribution in [0.25, 0.3) is 11.3 Å². The summed E-state index contributed by atoms with van der Waals surface area (Å²) >= 11 is 0. The lowest BCUT2D eigenvalue weighted by molar-refractivity contribution is 1.06. The van der Waals surface area contributed by atoms with Gasteiger partial charge in [0.15, 0.2) is 0 Å². The first-order valence-corrected chi connectivity index (χ1v) is 3.40. The molecule has 2 heterocycles. The van der Waals surface area contributed by atoms with E-state index < -0.39 is 0 Å². The number of nitrogens with zero attached hydrogens (tertiary/aromatic N) is 2. The van der Waals surface area contributed by atoms with Crippen molar-refractivity contribution in [3.8, 4) is 11.3 Å². The maximum absolute atomic E-state index is 11.1. The van der Waals surface area contributed by atoms with Crippen LogP contribution in [0.2, 0.25) is 0 Å². The molecule has 2 aromatic rings. The largest absolute Gasteiger partial charge is 0.305 e. The molecule has 0 amide bonds. The number of hydrogen-bond donors (Lipinski definition) is 2. The zero-order chi connectivity index (χ0) is 8.39. The number of rotatable bonds is 1. The molecule has 2 N–H and O–H groups in total. The fraction of sp³-hybridized carbons (Fsp3) is 0. The fourth-order valence-electron chi connectivity index (χ4n) is 0.947. The van der Waals surface area contributed by atoms with Crippen molar-refractivity contribution in [1.82, 2.24) is 20.2 Å². The van der Waals surface area contributed by atoms with Crippen molar-refractivity contribution >= 4 is 0 Å². The molecule has 60 valence electrons. The molecule has 5 heteroatoms. The van der Waals surface area contributed by atoms with E-state index in [4.69, 9.17) is 0 Å². The number of nitrogens with one attached hydrogen (secondary N) is 2. The monoisotopic (exact) mass is 162 g/mol. The van der Waals surface area contributed by atoms with Gasteiger partial charge in [0.05, 0.1) is 11.3 Å². The zero-order valence-corrected chi connectivity index (χ0v) is 6.11. The summed E-state index contributed by atoms with van der Waals surface area (Å²) in [5, 5.41) is 5.02. The molecule has 0 aliphatic carbocycles. The van der Waals surface area contributed by atoms with Gasteiger partial charge in [-0.05, 0) is 6.07 Å². The molecule has 2 aromatic heterocycles. The van der Waals surface area contributed by atoms with Gasteiger partial charge in [0.1, 0.15) is 6.33 Å². The average molecular weight is 162 g/mol. The highest BCUT2D eigenvalue weighted by atomic mass is 16.1. The average Bonchev–Trinajstić information content (AvgIpc) is 2.53. The fourth-order valence-corrected chi connectivity index (χ4v) is 0.947. The highest BCUT2D eigenvalue weighted by Gasteiger charge is 2.02. The maximum Gasteiger partial charge on any atom is 0.273 e. The van der Waals surface area contributed by atoms with Crippen molar-refractivity contribution in [3.05, 3.63) is 35.1 Å². The van der Waals surface area contributed by atoms with Crippen LogP contribution in [0.5, 0.6) is 0 Å². The Bertz CT molecular complexity index is 416. The van der Waals surface area contributed by atoms with Crippen LogP contribution >= 0.6 is 0 Å². The van der Waals surface area contributed by atoms with Crippen LogP contribution in [-0.2, 0) is 0 Å². The van der Waals surface area contributed by atoms with E-state index in [0.717, 1.165) is 0 Å². The summed E-state index contributed by atoms with van der Waals surface area (Å²) in [4.78, 5) is 18.8. The van der Waals surface area contributed by atoms with Crippen molar-refractivity contribution in [1.29, 1.82) is 0 Å². The molecule has 0 fully saturated rings. The van der Waals surface area contributed by atoms with Crippen molar-refractivity contribution in [2.75, 3.05) is 0 Å². The second kappa shape index (κ2) is 2.61. The van der Waals surface area contributed by atoms with Gasteiger partial charge in [-0.25, -0.2) is 9.97 Å². The van der Waals surface area contributed by atoms with E-state index in [0.29, 0.717) is 11.3 Å². The molecule has 0 aromatic carbocycles. The third kappa shape index (κ3) is 1.01. The quantitative estimate of drug-likeness (QED) is 0.627. The smallest absolute Gasteiger partial charge is 0.273 e. The van der Waals surface area contributed by atoms with Crippen LogP contribution in [-0.4, -0.2) is 20.2 Å². The summed E-state index contributed by atoms with van der Waals surface area (Å²) in [6.07, 6.45) is 4.57. The highest BCUT2D eigenvalue weighted by molar-refractivity contribution is 5.55. The summed E-state index contributed by atoms with van der Waals surface area (Å²) in [6, 6.07) is 1.68. The molecule has 0 aliphatic heterocycles. The minimum atomic E-state index is -0.172. The lowest BCUT2D eigenvalue weighted by Crippen LogP contribution is -2.02. The molecule has 0 unspecified atom stereocenters. The SMILES string of the molecule is O=c1[nH][nH]cc1-c1ccncn1. The molecule has 2 rings (SSSR count). The van der Waals surface area contributed by atoms with Gasteiger partial charge in [-0.1, -0.05) is 0 Å². The van der Waals surface area contributed by atoms with Gasteiger partial charge < -0.3 is 5.10 Å².